The SMILES string of the molecule is CCOc1ccc([C@]2(O)CSC3=C(C#N)[C@H](c4ccc(O)c(OC)c4)CC(=O)N32)cc1. The molecule has 0 radical (unpaired) electrons. The predicted octanol–water partition coefficient (Wildman–Crippen LogP) is 3.44. The summed E-state index contributed by atoms with van der Waals surface area (Å²) in [4.78, 5) is 14.6. The number of rotatable bonds is 5. The van der Waals surface area contributed by atoms with Crippen molar-refractivity contribution in [3.05, 3.63) is 64.2 Å². The molecule has 0 bridgehead atoms. The molecule has 160 valence electrons. The Morgan fingerprint density at radius 3 is 2.68 bits per heavy atom. The Hall–Kier alpha value is -3.15. The van der Waals surface area contributed by atoms with E-state index >= 15 is 0 Å². The molecule has 1 saturated heterocycles. The number of thioether (sulfide) groups is 1. The van der Waals surface area contributed by atoms with E-state index in [-0.39, 0.29) is 29.6 Å². The van der Waals surface area contributed by atoms with Crippen LogP contribution in [-0.4, -0.2) is 40.5 Å². The highest BCUT2D eigenvalue weighted by Gasteiger charge is 2.51. The van der Waals surface area contributed by atoms with Crippen LogP contribution in [0.5, 0.6) is 17.2 Å². The van der Waals surface area contributed by atoms with Crippen LogP contribution in [0.25, 0.3) is 0 Å². The monoisotopic (exact) mass is 438 g/mol. The Morgan fingerprint density at radius 1 is 1.29 bits per heavy atom. The fourth-order valence-electron chi connectivity index (χ4n) is 4.02. The lowest BCUT2D eigenvalue weighted by Gasteiger charge is -2.38. The molecule has 0 aromatic heterocycles. The summed E-state index contributed by atoms with van der Waals surface area (Å²) >= 11 is 1.29. The Bertz CT molecular complexity index is 1090. The molecule has 8 heteroatoms. The van der Waals surface area contributed by atoms with Gasteiger partial charge in [-0.25, -0.2) is 0 Å². The van der Waals surface area contributed by atoms with Gasteiger partial charge in [0.2, 0.25) is 5.91 Å². The van der Waals surface area contributed by atoms with E-state index in [0.29, 0.717) is 34.1 Å². The number of carbonyl (C=O) groups excluding carboxylic acids is 1. The summed E-state index contributed by atoms with van der Waals surface area (Å²) in [6.07, 6.45) is 0.0280. The van der Waals surface area contributed by atoms with Crippen molar-refractivity contribution >= 4 is 17.7 Å². The van der Waals surface area contributed by atoms with Gasteiger partial charge >= 0.3 is 0 Å². The number of benzene rings is 2. The van der Waals surface area contributed by atoms with Crippen molar-refractivity contribution in [3.8, 4) is 23.3 Å². The fraction of sp³-hybridized carbons (Fsp3) is 0.304. The maximum atomic E-state index is 13.2. The number of fused-ring (bicyclic) bond motifs is 1. The van der Waals surface area contributed by atoms with E-state index in [9.17, 15) is 20.3 Å². The van der Waals surface area contributed by atoms with Gasteiger partial charge in [-0.2, -0.15) is 5.26 Å². The van der Waals surface area contributed by atoms with E-state index in [4.69, 9.17) is 9.47 Å². The highest BCUT2D eigenvalue weighted by Crippen LogP contribution is 2.52. The molecule has 2 heterocycles. The first-order chi connectivity index (χ1) is 14.9. The highest BCUT2D eigenvalue weighted by molar-refractivity contribution is 8.03. The topological polar surface area (TPSA) is 103 Å². The molecule has 2 aliphatic heterocycles. The number of nitrogens with zero attached hydrogens (tertiary/aromatic N) is 2. The normalized spacial score (nSPS) is 22.8. The van der Waals surface area contributed by atoms with Crippen molar-refractivity contribution < 1.29 is 24.5 Å². The smallest absolute Gasteiger partial charge is 0.231 e. The number of allylic oxidation sites excluding steroid dienone is 1. The fourth-order valence-corrected chi connectivity index (χ4v) is 5.38. The van der Waals surface area contributed by atoms with Crippen LogP contribution in [0.3, 0.4) is 0 Å². The maximum Gasteiger partial charge on any atom is 0.231 e. The first-order valence-electron chi connectivity index (χ1n) is 9.85. The summed E-state index contributed by atoms with van der Waals surface area (Å²) in [5, 5.41) is 31.8. The molecule has 0 aliphatic carbocycles. The third-order valence-electron chi connectivity index (χ3n) is 5.54. The minimum atomic E-state index is -1.54. The first-order valence-corrected chi connectivity index (χ1v) is 10.8. The number of aromatic hydroxyl groups is 1. The lowest BCUT2D eigenvalue weighted by atomic mass is 9.85. The molecule has 0 saturated carbocycles. The molecule has 2 aromatic rings. The van der Waals surface area contributed by atoms with Gasteiger partial charge in [-0.05, 0) is 36.8 Å². The van der Waals surface area contributed by atoms with Crippen LogP contribution in [-0.2, 0) is 10.5 Å². The van der Waals surface area contributed by atoms with E-state index in [1.54, 1.807) is 36.4 Å². The molecular formula is C23H22N2O5S. The number of phenols is 1. The van der Waals surface area contributed by atoms with Gasteiger partial charge in [0, 0.05) is 17.9 Å². The number of nitriles is 1. The van der Waals surface area contributed by atoms with Gasteiger partial charge in [0.05, 0.1) is 36.1 Å². The third kappa shape index (κ3) is 3.50. The van der Waals surface area contributed by atoms with Crippen LogP contribution >= 0.6 is 11.8 Å². The summed E-state index contributed by atoms with van der Waals surface area (Å²) in [6, 6.07) is 14.0. The standard InChI is InChI=1S/C23H22N2O5S/c1-3-30-16-7-5-15(6-8-16)23(28)13-31-22-18(12-24)17(11-21(27)25(22)23)14-4-9-19(26)20(10-14)29-2/h4-10,17,26,28H,3,11,13H2,1-2H3/t17-,23+/m0/s1. The lowest BCUT2D eigenvalue weighted by molar-refractivity contribution is -0.149. The molecular weight excluding hydrogens is 416 g/mol. The van der Waals surface area contributed by atoms with Gasteiger partial charge in [-0.3, -0.25) is 9.69 Å². The Morgan fingerprint density at radius 2 is 2.03 bits per heavy atom. The summed E-state index contributed by atoms with van der Waals surface area (Å²) in [6.45, 7) is 2.42. The van der Waals surface area contributed by atoms with Crippen LogP contribution in [0, 0.1) is 11.3 Å². The number of phenolic OH excluding ortho intramolecular Hbond substituents is 1. The zero-order valence-electron chi connectivity index (χ0n) is 17.2. The number of aliphatic hydroxyl groups is 1. The van der Waals surface area contributed by atoms with Crippen LogP contribution in [0.4, 0.5) is 0 Å². The van der Waals surface area contributed by atoms with Crippen LogP contribution in [0.1, 0.15) is 30.4 Å². The predicted molar refractivity (Wildman–Crippen MR) is 115 cm³/mol. The molecule has 0 unspecified atom stereocenters. The van der Waals surface area contributed by atoms with Crippen molar-refractivity contribution in [2.24, 2.45) is 0 Å². The number of amides is 1. The van der Waals surface area contributed by atoms with E-state index in [0.717, 1.165) is 0 Å². The Kier molecular flexibility index (Phi) is 5.56. The second-order valence-corrected chi connectivity index (χ2v) is 8.27. The van der Waals surface area contributed by atoms with Gasteiger partial charge < -0.3 is 19.7 Å². The van der Waals surface area contributed by atoms with E-state index in [1.165, 1.54) is 29.8 Å². The lowest BCUT2D eigenvalue weighted by Crippen LogP contribution is -2.48. The summed E-state index contributed by atoms with van der Waals surface area (Å²) in [7, 11) is 1.44. The van der Waals surface area contributed by atoms with Gasteiger partial charge in [0.1, 0.15) is 5.75 Å². The highest BCUT2D eigenvalue weighted by atomic mass is 32.2. The molecule has 2 aliphatic rings. The average Bonchev–Trinajstić information content (AvgIpc) is 3.14. The summed E-state index contributed by atoms with van der Waals surface area (Å²) in [5.74, 6) is 0.417. The molecule has 2 aromatic carbocycles. The number of hydrogen-bond acceptors (Lipinski definition) is 7. The number of methoxy groups -OCH3 is 1. The molecule has 0 spiro atoms. The Balaban J connectivity index is 1.74. The number of hydrogen-bond donors (Lipinski definition) is 2. The summed E-state index contributed by atoms with van der Waals surface area (Å²) < 4.78 is 10.6. The second-order valence-electron chi connectivity index (χ2n) is 7.31. The van der Waals surface area contributed by atoms with Gasteiger partial charge in [0.15, 0.2) is 17.2 Å². The van der Waals surface area contributed by atoms with Crippen molar-refractivity contribution in [2.75, 3.05) is 19.5 Å². The minimum absolute atomic E-state index is 0.0127. The molecule has 31 heavy (non-hydrogen) atoms. The summed E-state index contributed by atoms with van der Waals surface area (Å²) in [5.41, 5.74) is 0.138. The van der Waals surface area contributed by atoms with E-state index in [2.05, 4.69) is 6.07 Å². The minimum Gasteiger partial charge on any atom is -0.504 e. The average molecular weight is 439 g/mol. The quantitative estimate of drug-likeness (QED) is 0.737. The number of ether oxygens (including phenoxy) is 2. The third-order valence-corrected chi connectivity index (χ3v) is 6.77. The maximum absolute atomic E-state index is 13.2. The van der Waals surface area contributed by atoms with Crippen LogP contribution in [0.15, 0.2) is 53.1 Å². The first kappa shape index (κ1) is 21.1. The molecule has 1 fully saturated rings. The largest absolute Gasteiger partial charge is 0.504 e. The van der Waals surface area contributed by atoms with Gasteiger partial charge in [-0.1, -0.05) is 18.2 Å². The molecule has 2 atom stereocenters. The number of carbonyl (C=O) groups is 1. The van der Waals surface area contributed by atoms with Crippen LogP contribution in [0.2, 0.25) is 0 Å². The Labute approximate surface area is 184 Å². The van der Waals surface area contributed by atoms with Crippen molar-refractivity contribution in [2.45, 2.75) is 25.0 Å². The molecule has 2 N–H and O–H groups in total. The molecule has 7 nitrogen and oxygen atoms in total. The molecule has 4 rings (SSSR count). The van der Waals surface area contributed by atoms with Gasteiger partial charge in [-0.15, -0.1) is 11.8 Å². The van der Waals surface area contributed by atoms with Gasteiger partial charge in [0.25, 0.3) is 0 Å². The van der Waals surface area contributed by atoms with Crippen molar-refractivity contribution in [3.63, 3.8) is 0 Å². The zero-order chi connectivity index (χ0) is 22.2. The van der Waals surface area contributed by atoms with E-state index < -0.39 is 11.6 Å². The van der Waals surface area contributed by atoms with Crippen molar-refractivity contribution in [1.82, 2.24) is 4.90 Å². The van der Waals surface area contributed by atoms with Crippen LogP contribution < -0.4 is 9.47 Å². The van der Waals surface area contributed by atoms with E-state index in [1.807, 2.05) is 6.92 Å². The second kappa shape index (κ2) is 8.17. The zero-order valence-corrected chi connectivity index (χ0v) is 18.0. The molecule has 1 amide bonds. The van der Waals surface area contributed by atoms with Crippen molar-refractivity contribution in [1.29, 1.82) is 5.26 Å².